The molecule has 172 valence electrons. The first-order valence-corrected chi connectivity index (χ1v) is 12.5. The average Bonchev–Trinajstić information content (AvgIpc) is 3.15. The molecular weight excluding hydrogens is 450 g/mol. The molecule has 3 aromatic rings. The molecule has 0 saturated carbocycles. The highest BCUT2D eigenvalue weighted by atomic mass is 32.2. The number of amides is 1. The van der Waals surface area contributed by atoms with Gasteiger partial charge in [-0.1, -0.05) is 31.3 Å². The lowest BCUT2D eigenvalue weighted by molar-refractivity contribution is 0.0997. The third-order valence-corrected chi connectivity index (χ3v) is 8.15. The number of rotatable bonds is 9. The van der Waals surface area contributed by atoms with Gasteiger partial charge in [-0.3, -0.25) is 4.79 Å². The van der Waals surface area contributed by atoms with Crippen molar-refractivity contribution in [2.24, 2.45) is 4.99 Å². The van der Waals surface area contributed by atoms with E-state index in [1.54, 1.807) is 28.1 Å². The number of benzene rings is 2. The number of hydrogen-bond donors (Lipinski definition) is 0. The zero-order chi connectivity index (χ0) is 23.3. The number of ether oxygens (including phenoxy) is 2. The van der Waals surface area contributed by atoms with Crippen LogP contribution in [-0.4, -0.2) is 57.1 Å². The Labute approximate surface area is 191 Å². The van der Waals surface area contributed by atoms with Crippen LogP contribution in [0.15, 0.2) is 52.4 Å². The first kappa shape index (κ1) is 24.1. The van der Waals surface area contributed by atoms with E-state index in [1.165, 1.54) is 39.9 Å². The van der Waals surface area contributed by atoms with Crippen molar-refractivity contribution in [3.8, 4) is 5.75 Å². The zero-order valence-electron chi connectivity index (χ0n) is 18.6. The third kappa shape index (κ3) is 4.78. The maximum Gasteiger partial charge on any atom is 0.279 e. The van der Waals surface area contributed by atoms with E-state index in [-0.39, 0.29) is 4.90 Å². The van der Waals surface area contributed by atoms with Crippen LogP contribution in [0.25, 0.3) is 10.2 Å². The lowest BCUT2D eigenvalue weighted by atomic mass is 10.2. The highest BCUT2D eigenvalue weighted by Gasteiger charge is 2.21. The maximum absolute atomic E-state index is 12.9. The van der Waals surface area contributed by atoms with Crippen LogP contribution in [-0.2, 0) is 21.3 Å². The average molecular weight is 478 g/mol. The monoisotopic (exact) mass is 477 g/mol. The summed E-state index contributed by atoms with van der Waals surface area (Å²) in [7, 11) is -0.370. The minimum absolute atomic E-state index is 0.152. The van der Waals surface area contributed by atoms with Crippen molar-refractivity contribution in [3.05, 3.63) is 52.8 Å². The van der Waals surface area contributed by atoms with Crippen LogP contribution >= 0.6 is 11.3 Å². The Hall–Kier alpha value is -2.53. The van der Waals surface area contributed by atoms with Gasteiger partial charge in [0.15, 0.2) is 4.80 Å². The summed E-state index contributed by atoms with van der Waals surface area (Å²) in [5.41, 5.74) is 1.16. The number of methoxy groups -OCH3 is 2. The molecule has 32 heavy (non-hydrogen) atoms. The predicted octanol–water partition coefficient (Wildman–Crippen LogP) is 3.13. The lowest BCUT2D eigenvalue weighted by Crippen LogP contribution is -2.30. The fourth-order valence-electron chi connectivity index (χ4n) is 3.37. The molecule has 0 fully saturated rings. The second-order valence-electron chi connectivity index (χ2n) is 6.87. The number of carbonyl (C=O) groups is 1. The van der Waals surface area contributed by atoms with Gasteiger partial charge in [-0.25, -0.2) is 8.42 Å². The molecule has 0 bridgehead atoms. The maximum atomic E-state index is 12.9. The molecule has 10 heteroatoms. The summed E-state index contributed by atoms with van der Waals surface area (Å²) >= 11 is 1.38. The number of thiazole rings is 1. The summed E-state index contributed by atoms with van der Waals surface area (Å²) in [6.45, 7) is 5.29. The fourth-order valence-corrected chi connectivity index (χ4v) is 5.90. The summed E-state index contributed by atoms with van der Waals surface area (Å²) in [4.78, 5) is 17.9. The van der Waals surface area contributed by atoms with Gasteiger partial charge in [0.05, 0.1) is 23.3 Å². The normalized spacial score (nSPS) is 12.6. The number of fused-ring (bicyclic) bond motifs is 1. The number of hydrogen-bond acceptors (Lipinski definition) is 6. The van der Waals surface area contributed by atoms with Gasteiger partial charge in [-0.05, 0) is 36.4 Å². The summed E-state index contributed by atoms with van der Waals surface area (Å²) in [5.74, 6) is 0.239. The first-order chi connectivity index (χ1) is 15.4. The molecule has 0 spiro atoms. The van der Waals surface area contributed by atoms with E-state index in [2.05, 4.69) is 4.99 Å². The molecule has 3 rings (SSSR count). The molecule has 0 saturated heterocycles. The SMILES string of the molecule is CCN(CC)S(=O)(=O)c1ccc(C(=O)N=c2sc3cccc(OC)c3n2CCOC)cc1. The van der Waals surface area contributed by atoms with Gasteiger partial charge in [0.2, 0.25) is 10.0 Å². The van der Waals surface area contributed by atoms with E-state index in [1.807, 2.05) is 22.8 Å². The molecule has 0 aliphatic rings. The molecule has 1 heterocycles. The molecule has 1 amide bonds. The largest absolute Gasteiger partial charge is 0.495 e. The Morgan fingerprint density at radius 3 is 2.38 bits per heavy atom. The Balaban J connectivity index is 2.01. The van der Waals surface area contributed by atoms with Crippen molar-refractivity contribution < 1.29 is 22.7 Å². The van der Waals surface area contributed by atoms with Crippen LogP contribution in [0.3, 0.4) is 0 Å². The molecule has 0 aliphatic heterocycles. The molecule has 8 nitrogen and oxygen atoms in total. The predicted molar refractivity (Wildman–Crippen MR) is 125 cm³/mol. The summed E-state index contributed by atoms with van der Waals surface area (Å²) in [5, 5.41) is 0. The number of aromatic nitrogens is 1. The van der Waals surface area contributed by atoms with Crippen LogP contribution in [0.5, 0.6) is 5.75 Å². The Morgan fingerprint density at radius 1 is 1.09 bits per heavy atom. The van der Waals surface area contributed by atoms with Gasteiger partial charge < -0.3 is 14.0 Å². The molecular formula is C22H27N3O5S2. The highest BCUT2D eigenvalue weighted by molar-refractivity contribution is 7.89. The van der Waals surface area contributed by atoms with Crippen molar-refractivity contribution >= 4 is 37.5 Å². The minimum Gasteiger partial charge on any atom is -0.495 e. The van der Waals surface area contributed by atoms with Crippen LogP contribution in [0.2, 0.25) is 0 Å². The number of carbonyl (C=O) groups excluding carboxylic acids is 1. The van der Waals surface area contributed by atoms with Crippen molar-refractivity contribution in [1.82, 2.24) is 8.87 Å². The van der Waals surface area contributed by atoms with Crippen molar-refractivity contribution in [1.29, 1.82) is 0 Å². The zero-order valence-corrected chi connectivity index (χ0v) is 20.2. The molecule has 0 aliphatic carbocycles. The summed E-state index contributed by atoms with van der Waals surface area (Å²) in [6, 6.07) is 11.6. The second-order valence-corrected chi connectivity index (χ2v) is 9.81. The number of para-hydroxylation sites is 1. The summed E-state index contributed by atoms with van der Waals surface area (Å²) < 4.78 is 40.3. The Kier molecular flexibility index (Phi) is 7.83. The molecule has 0 radical (unpaired) electrons. The molecule has 0 atom stereocenters. The Bertz CT molecular complexity index is 1260. The second kappa shape index (κ2) is 10.4. The molecule has 2 aromatic carbocycles. The van der Waals surface area contributed by atoms with Gasteiger partial charge >= 0.3 is 0 Å². The van der Waals surface area contributed by atoms with Crippen molar-refractivity contribution in [3.63, 3.8) is 0 Å². The van der Waals surface area contributed by atoms with E-state index < -0.39 is 15.9 Å². The third-order valence-electron chi connectivity index (χ3n) is 5.04. The number of sulfonamides is 1. The lowest BCUT2D eigenvalue weighted by Gasteiger charge is -2.18. The van der Waals surface area contributed by atoms with Gasteiger partial charge in [0.1, 0.15) is 11.3 Å². The van der Waals surface area contributed by atoms with Gasteiger partial charge in [0, 0.05) is 32.3 Å². The topological polar surface area (TPSA) is 90.2 Å². The number of nitrogens with zero attached hydrogens (tertiary/aromatic N) is 3. The quantitative estimate of drug-likeness (QED) is 0.472. The van der Waals surface area contributed by atoms with E-state index in [4.69, 9.17) is 9.47 Å². The van der Waals surface area contributed by atoms with Crippen molar-refractivity contribution in [2.45, 2.75) is 25.3 Å². The van der Waals surface area contributed by atoms with Crippen LogP contribution in [0, 0.1) is 0 Å². The smallest absolute Gasteiger partial charge is 0.279 e. The van der Waals surface area contributed by atoms with E-state index >= 15 is 0 Å². The minimum atomic E-state index is -3.58. The highest BCUT2D eigenvalue weighted by Crippen LogP contribution is 2.27. The standard InChI is InChI=1S/C22H27N3O5S2/c1-5-24(6-2)32(27,28)17-12-10-16(11-13-17)21(26)23-22-25(14-15-29-3)20-18(30-4)8-7-9-19(20)31-22/h7-13H,5-6,14-15H2,1-4H3. The van der Waals surface area contributed by atoms with Crippen LogP contribution < -0.4 is 9.54 Å². The molecule has 0 unspecified atom stereocenters. The van der Waals surface area contributed by atoms with Gasteiger partial charge in [0.25, 0.3) is 5.91 Å². The Morgan fingerprint density at radius 2 is 1.78 bits per heavy atom. The molecule has 1 aromatic heterocycles. The van der Waals surface area contributed by atoms with E-state index in [0.717, 1.165) is 10.2 Å². The van der Waals surface area contributed by atoms with Gasteiger partial charge in [-0.2, -0.15) is 9.30 Å². The summed E-state index contributed by atoms with van der Waals surface area (Å²) in [6.07, 6.45) is 0. The van der Waals surface area contributed by atoms with Crippen LogP contribution in [0.1, 0.15) is 24.2 Å². The van der Waals surface area contributed by atoms with Crippen LogP contribution in [0.4, 0.5) is 0 Å². The van der Waals surface area contributed by atoms with Gasteiger partial charge in [-0.15, -0.1) is 0 Å². The first-order valence-electron chi connectivity index (χ1n) is 10.2. The van der Waals surface area contributed by atoms with E-state index in [0.29, 0.717) is 42.4 Å². The van der Waals surface area contributed by atoms with Crippen molar-refractivity contribution in [2.75, 3.05) is 33.9 Å². The molecule has 0 N–H and O–H groups in total. The fraction of sp³-hybridized carbons (Fsp3) is 0.364. The van der Waals surface area contributed by atoms with E-state index in [9.17, 15) is 13.2 Å².